The number of piperazine rings is 1. The summed E-state index contributed by atoms with van der Waals surface area (Å²) in [6.45, 7) is 3.95. The third kappa shape index (κ3) is 7.92. The van der Waals surface area contributed by atoms with E-state index >= 15 is 0 Å². The van der Waals surface area contributed by atoms with Gasteiger partial charge in [-0.2, -0.15) is 0 Å². The Hall–Kier alpha value is -3.13. The van der Waals surface area contributed by atoms with E-state index < -0.39 is 6.10 Å². The number of ketones is 1. The summed E-state index contributed by atoms with van der Waals surface area (Å²) >= 11 is 0. The lowest BCUT2D eigenvalue weighted by Gasteiger charge is -2.37. The van der Waals surface area contributed by atoms with Crippen molar-refractivity contribution in [1.82, 2.24) is 4.90 Å². The summed E-state index contributed by atoms with van der Waals surface area (Å²) in [4.78, 5) is 17.3. The number of para-hydroxylation sites is 3. The molecular weight excluding hydrogens is 495 g/mol. The number of hydrogen-bond donors (Lipinski definition) is 1. The molecule has 3 aromatic carbocycles. The second-order valence-corrected chi connectivity index (χ2v) is 8.97. The minimum atomic E-state index is -0.676. The predicted molar refractivity (Wildman–Crippen MR) is 146 cm³/mol. The summed E-state index contributed by atoms with van der Waals surface area (Å²) in [5.74, 6) is 1.00. The number of β-amino-alcohol motifs (C(OH)–C–C–N with tert-alkyl or cyclic N) is 1. The van der Waals surface area contributed by atoms with E-state index in [0.717, 1.165) is 43.2 Å². The monoisotopic (exact) mass is 528 g/mol. The zero-order chi connectivity index (χ0) is 25.3. The number of carbonyl (C=O) groups is 1. The average molecular weight is 529 g/mol. The van der Waals surface area contributed by atoms with Crippen molar-refractivity contribution in [1.29, 1.82) is 0 Å². The molecule has 1 atom stereocenters. The molecule has 1 saturated heterocycles. The maximum Gasteiger partial charge on any atom is 0.166 e. The number of halogens is 2. The first-order valence-corrected chi connectivity index (χ1v) is 12.3. The third-order valence-corrected chi connectivity index (χ3v) is 6.44. The fraction of sp³-hybridized carbons (Fsp3) is 0.345. The molecule has 0 aromatic heterocycles. The lowest BCUT2D eigenvalue weighted by atomic mass is 10.0. The van der Waals surface area contributed by atoms with Gasteiger partial charge in [0.05, 0.1) is 18.4 Å². The first-order chi connectivity index (χ1) is 17.5. The Balaban J connectivity index is 0.00000380. The standard InChI is InChI=1S/C29H33FN2O4.ClH/c1-35-29-9-5-3-7-26(29)32-18-16-31(17-19-32)20-24(33)21-36-28-8-4-2-6-25(28)27(34)15-12-22-10-13-23(30)14-11-22;/h2-11,13-14,24,33H,12,15-21H2,1H3;1H. The fourth-order valence-electron chi connectivity index (χ4n) is 4.47. The van der Waals surface area contributed by atoms with Gasteiger partial charge in [-0.1, -0.05) is 36.4 Å². The molecule has 0 aliphatic carbocycles. The Morgan fingerprint density at radius 1 is 0.946 bits per heavy atom. The topological polar surface area (TPSA) is 62.2 Å². The molecule has 1 heterocycles. The van der Waals surface area contributed by atoms with E-state index in [9.17, 15) is 14.3 Å². The molecule has 1 unspecified atom stereocenters. The van der Waals surface area contributed by atoms with Crippen molar-refractivity contribution >= 4 is 23.9 Å². The van der Waals surface area contributed by atoms with Crippen molar-refractivity contribution < 1.29 is 23.8 Å². The van der Waals surface area contributed by atoms with Crippen molar-refractivity contribution in [2.45, 2.75) is 18.9 Å². The number of methoxy groups -OCH3 is 1. The van der Waals surface area contributed by atoms with Crippen LogP contribution in [0.1, 0.15) is 22.3 Å². The highest BCUT2D eigenvalue weighted by Crippen LogP contribution is 2.28. The van der Waals surface area contributed by atoms with Crippen molar-refractivity contribution in [2.24, 2.45) is 0 Å². The Morgan fingerprint density at radius 2 is 1.59 bits per heavy atom. The Morgan fingerprint density at radius 3 is 2.30 bits per heavy atom. The number of aryl methyl sites for hydroxylation is 1. The van der Waals surface area contributed by atoms with Crippen LogP contribution in [0.5, 0.6) is 11.5 Å². The van der Waals surface area contributed by atoms with Gasteiger partial charge in [-0.05, 0) is 48.4 Å². The molecule has 4 rings (SSSR count). The SMILES string of the molecule is COc1ccccc1N1CCN(CC(O)COc2ccccc2C(=O)CCc2ccc(F)cc2)CC1.Cl. The molecule has 198 valence electrons. The Bertz CT molecular complexity index is 1140. The van der Waals surface area contributed by atoms with Gasteiger partial charge in [-0.3, -0.25) is 9.69 Å². The van der Waals surface area contributed by atoms with E-state index in [4.69, 9.17) is 9.47 Å². The van der Waals surface area contributed by atoms with Gasteiger partial charge in [0.25, 0.3) is 0 Å². The molecule has 0 amide bonds. The number of benzene rings is 3. The molecule has 0 spiro atoms. The van der Waals surface area contributed by atoms with Gasteiger partial charge in [0.2, 0.25) is 0 Å². The number of ether oxygens (including phenoxy) is 2. The smallest absolute Gasteiger partial charge is 0.166 e. The van der Waals surface area contributed by atoms with Crippen LogP contribution in [-0.2, 0) is 6.42 Å². The van der Waals surface area contributed by atoms with E-state index in [2.05, 4.69) is 15.9 Å². The number of aliphatic hydroxyl groups is 1. The highest BCUT2D eigenvalue weighted by molar-refractivity contribution is 5.98. The Labute approximate surface area is 224 Å². The maximum atomic E-state index is 13.1. The van der Waals surface area contributed by atoms with Gasteiger partial charge < -0.3 is 19.5 Å². The molecule has 6 nitrogen and oxygen atoms in total. The van der Waals surface area contributed by atoms with Crippen LogP contribution in [0.2, 0.25) is 0 Å². The summed E-state index contributed by atoms with van der Waals surface area (Å²) in [6.07, 6.45) is 0.146. The minimum absolute atomic E-state index is 0. The van der Waals surface area contributed by atoms with Crippen LogP contribution in [0, 0.1) is 5.82 Å². The number of nitrogens with zero attached hydrogens (tertiary/aromatic N) is 2. The van der Waals surface area contributed by atoms with E-state index in [1.807, 2.05) is 24.3 Å². The zero-order valence-electron chi connectivity index (χ0n) is 21.0. The molecule has 1 N–H and O–H groups in total. The van der Waals surface area contributed by atoms with Crippen molar-refractivity contribution in [2.75, 3.05) is 51.3 Å². The number of hydrogen-bond acceptors (Lipinski definition) is 6. The van der Waals surface area contributed by atoms with Gasteiger partial charge in [-0.25, -0.2) is 4.39 Å². The third-order valence-electron chi connectivity index (χ3n) is 6.44. The molecule has 3 aromatic rings. The fourth-order valence-corrected chi connectivity index (χ4v) is 4.47. The largest absolute Gasteiger partial charge is 0.495 e. The Kier molecular flexibility index (Phi) is 10.7. The highest BCUT2D eigenvalue weighted by atomic mass is 35.5. The first kappa shape index (κ1) is 28.4. The molecule has 37 heavy (non-hydrogen) atoms. The molecule has 0 radical (unpaired) electrons. The number of rotatable bonds is 11. The summed E-state index contributed by atoms with van der Waals surface area (Å²) in [7, 11) is 1.68. The first-order valence-electron chi connectivity index (χ1n) is 12.3. The molecule has 8 heteroatoms. The lowest BCUT2D eigenvalue weighted by Crippen LogP contribution is -2.49. The lowest BCUT2D eigenvalue weighted by molar-refractivity contribution is 0.0655. The highest BCUT2D eigenvalue weighted by Gasteiger charge is 2.22. The van der Waals surface area contributed by atoms with Crippen LogP contribution >= 0.6 is 12.4 Å². The number of carbonyl (C=O) groups excluding carboxylic acids is 1. The van der Waals surface area contributed by atoms with Crippen molar-refractivity contribution in [3.8, 4) is 11.5 Å². The van der Waals surface area contributed by atoms with Gasteiger partial charge in [-0.15, -0.1) is 12.4 Å². The minimum Gasteiger partial charge on any atom is -0.495 e. The predicted octanol–water partition coefficient (Wildman–Crippen LogP) is 4.63. The van der Waals surface area contributed by atoms with E-state index in [1.54, 1.807) is 37.4 Å². The van der Waals surface area contributed by atoms with Crippen molar-refractivity contribution in [3.63, 3.8) is 0 Å². The van der Waals surface area contributed by atoms with Gasteiger partial charge >= 0.3 is 0 Å². The number of aliphatic hydroxyl groups excluding tert-OH is 1. The van der Waals surface area contributed by atoms with Crippen LogP contribution in [0.15, 0.2) is 72.8 Å². The molecular formula is C29H34ClFN2O4. The molecule has 1 aliphatic heterocycles. The molecule has 1 aliphatic rings. The number of Topliss-reactive ketones (excluding diaryl/α,β-unsaturated/α-hetero) is 1. The van der Waals surface area contributed by atoms with Crippen LogP contribution in [0.3, 0.4) is 0 Å². The maximum absolute atomic E-state index is 13.1. The van der Waals surface area contributed by atoms with Crippen LogP contribution in [0.25, 0.3) is 0 Å². The van der Waals surface area contributed by atoms with E-state index in [1.165, 1.54) is 12.1 Å². The second kappa shape index (κ2) is 14.0. The van der Waals surface area contributed by atoms with E-state index in [-0.39, 0.29) is 30.6 Å². The van der Waals surface area contributed by atoms with Gasteiger partial charge in [0.15, 0.2) is 5.78 Å². The summed E-state index contributed by atoms with van der Waals surface area (Å²) < 4.78 is 24.5. The number of anilines is 1. The van der Waals surface area contributed by atoms with Crippen LogP contribution in [-0.4, -0.2) is 68.3 Å². The zero-order valence-corrected chi connectivity index (χ0v) is 21.8. The van der Waals surface area contributed by atoms with Crippen molar-refractivity contribution in [3.05, 3.63) is 89.7 Å². The summed E-state index contributed by atoms with van der Waals surface area (Å²) in [5, 5.41) is 10.6. The summed E-state index contributed by atoms with van der Waals surface area (Å²) in [5.41, 5.74) is 2.49. The average Bonchev–Trinajstić information content (AvgIpc) is 2.92. The quantitative estimate of drug-likeness (QED) is 0.366. The van der Waals surface area contributed by atoms with Gasteiger partial charge in [0.1, 0.15) is 30.0 Å². The van der Waals surface area contributed by atoms with Crippen LogP contribution < -0.4 is 14.4 Å². The molecule has 0 bridgehead atoms. The van der Waals surface area contributed by atoms with E-state index in [0.29, 0.717) is 30.7 Å². The summed E-state index contributed by atoms with van der Waals surface area (Å²) in [6, 6.07) is 21.3. The van der Waals surface area contributed by atoms with Crippen LogP contribution in [0.4, 0.5) is 10.1 Å². The molecule has 0 saturated carbocycles. The second-order valence-electron chi connectivity index (χ2n) is 8.97. The molecule has 1 fully saturated rings. The normalized spacial score (nSPS) is 14.5. The van der Waals surface area contributed by atoms with Gasteiger partial charge in [0, 0.05) is 39.1 Å².